The minimum atomic E-state index is -0.192. The van der Waals surface area contributed by atoms with Crippen LogP contribution in [0.4, 0.5) is 0 Å². The van der Waals surface area contributed by atoms with E-state index in [0.717, 1.165) is 43.3 Å². The van der Waals surface area contributed by atoms with Crippen molar-refractivity contribution in [3.05, 3.63) is 11.1 Å². The van der Waals surface area contributed by atoms with Crippen molar-refractivity contribution in [1.82, 2.24) is 0 Å². The number of unbranched alkanes of at least 4 members (excludes halogenated alkanes) is 2. The van der Waals surface area contributed by atoms with E-state index in [1.54, 1.807) is 0 Å². The van der Waals surface area contributed by atoms with Gasteiger partial charge < -0.3 is 9.84 Å². The van der Waals surface area contributed by atoms with Crippen LogP contribution in [0.5, 0.6) is 0 Å². The highest BCUT2D eigenvalue weighted by Gasteiger charge is 2.19. The van der Waals surface area contributed by atoms with Gasteiger partial charge in [-0.05, 0) is 38.7 Å². The summed E-state index contributed by atoms with van der Waals surface area (Å²) in [6.07, 6.45) is 4.87. The fourth-order valence-corrected chi connectivity index (χ4v) is 1.73. The Bertz CT molecular complexity index is 254. The van der Waals surface area contributed by atoms with E-state index < -0.39 is 0 Å². The highest BCUT2D eigenvalue weighted by Crippen LogP contribution is 2.21. The number of carbonyl (C=O) groups excluding carboxylic acids is 1. The van der Waals surface area contributed by atoms with Gasteiger partial charge in [0, 0.05) is 5.57 Å². The Balaban J connectivity index is 2.13. The molecule has 1 aliphatic rings. The number of aliphatic hydroxyl groups excluding tert-OH is 1. The van der Waals surface area contributed by atoms with Crippen molar-refractivity contribution >= 4 is 5.97 Å². The number of aliphatic hydroxyl groups is 1. The first-order valence-corrected chi connectivity index (χ1v) is 5.65. The molecule has 1 atom stereocenters. The maximum atomic E-state index is 11.0. The largest absolute Gasteiger partial charge is 0.458 e. The van der Waals surface area contributed by atoms with Gasteiger partial charge in [0.1, 0.15) is 6.61 Å². The summed E-state index contributed by atoms with van der Waals surface area (Å²) in [5.41, 5.74) is 1.95. The van der Waals surface area contributed by atoms with E-state index in [-0.39, 0.29) is 12.1 Å². The Morgan fingerprint density at radius 3 is 2.67 bits per heavy atom. The first-order valence-electron chi connectivity index (χ1n) is 5.65. The Labute approximate surface area is 91.1 Å². The Hall–Kier alpha value is -0.830. The van der Waals surface area contributed by atoms with Crippen LogP contribution < -0.4 is 0 Å². The van der Waals surface area contributed by atoms with Crippen LogP contribution >= 0.6 is 0 Å². The minimum absolute atomic E-state index is 0.158. The zero-order valence-electron chi connectivity index (χ0n) is 9.58. The third kappa shape index (κ3) is 4.04. The average molecular weight is 212 g/mol. The smallest absolute Gasteiger partial charge is 0.334 e. The summed E-state index contributed by atoms with van der Waals surface area (Å²) in [4.78, 5) is 11.0. The molecule has 0 aliphatic carbocycles. The topological polar surface area (TPSA) is 46.5 Å². The third-order valence-electron chi connectivity index (χ3n) is 2.81. The third-order valence-corrected chi connectivity index (χ3v) is 2.81. The van der Waals surface area contributed by atoms with Crippen LogP contribution in [0, 0.1) is 0 Å². The average Bonchev–Trinajstić information content (AvgIpc) is 2.48. The highest BCUT2D eigenvalue weighted by atomic mass is 16.5. The van der Waals surface area contributed by atoms with E-state index in [9.17, 15) is 4.79 Å². The van der Waals surface area contributed by atoms with Crippen molar-refractivity contribution in [2.24, 2.45) is 0 Å². The van der Waals surface area contributed by atoms with E-state index in [4.69, 9.17) is 9.84 Å². The van der Waals surface area contributed by atoms with Crippen LogP contribution in [0.1, 0.15) is 46.0 Å². The number of cyclic esters (lactones) is 1. The number of ether oxygens (including phenoxy) is 1. The predicted octanol–water partition coefficient (Wildman–Crippen LogP) is 2.19. The predicted molar refractivity (Wildman–Crippen MR) is 58.4 cm³/mol. The molecule has 15 heavy (non-hydrogen) atoms. The van der Waals surface area contributed by atoms with Gasteiger partial charge in [0.05, 0.1) is 6.10 Å². The van der Waals surface area contributed by atoms with E-state index >= 15 is 0 Å². The Morgan fingerprint density at radius 1 is 1.40 bits per heavy atom. The maximum Gasteiger partial charge on any atom is 0.334 e. The standard InChI is InChI=1S/C12H20O3/c1-9(13)6-4-3-5-7-11-8-15-12(14)10(11)2/h9,13H,3-8H2,1-2H3/t9-/m1/s1. The Kier molecular flexibility index (Phi) is 4.82. The second-order valence-electron chi connectivity index (χ2n) is 4.25. The maximum absolute atomic E-state index is 11.0. The first-order chi connectivity index (χ1) is 7.11. The lowest BCUT2D eigenvalue weighted by Gasteiger charge is -2.04. The zero-order chi connectivity index (χ0) is 11.3. The van der Waals surface area contributed by atoms with Crippen molar-refractivity contribution < 1.29 is 14.6 Å². The van der Waals surface area contributed by atoms with E-state index in [0.29, 0.717) is 6.61 Å². The lowest BCUT2D eigenvalue weighted by atomic mass is 10.0. The van der Waals surface area contributed by atoms with Crippen LogP contribution in [0.15, 0.2) is 11.1 Å². The molecule has 0 spiro atoms. The molecule has 0 unspecified atom stereocenters. The second kappa shape index (κ2) is 5.91. The minimum Gasteiger partial charge on any atom is -0.458 e. The summed E-state index contributed by atoms with van der Waals surface area (Å²) in [5, 5.41) is 9.07. The molecular weight excluding hydrogens is 192 g/mol. The second-order valence-corrected chi connectivity index (χ2v) is 4.25. The van der Waals surface area contributed by atoms with Crippen molar-refractivity contribution in [2.75, 3.05) is 6.61 Å². The number of esters is 1. The molecule has 3 heteroatoms. The van der Waals surface area contributed by atoms with E-state index in [1.807, 2.05) is 13.8 Å². The van der Waals surface area contributed by atoms with Gasteiger partial charge in [0.15, 0.2) is 0 Å². The summed E-state index contributed by atoms with van der Waals surface area (Å²) in [7, 11) is 0. The van der Waals surface area contributed by atoms with Crippen molar-refractivity contribution in [3.8, 4) is 0 Å². The molecule has 0 fully saturated rings. The molecule has 1 aliphatic heterocycles. The van der Waals surface area contributed by atoms with Gasteiger partial charge in [-0.3, -0.25) is 0 Å². The molecule has 86 valence electrons. The molecule has 0 amide bonds. The fourth-order valence-electron chi connectivity index (χ4n) is 1.73. The molecule has 3 nitrogen and oxygen atoms in total. The molecule has 0 bridgehead atoms. The SMILES string of the molecule is CC1=C(CCCCC[C@@H](C)O)COC1=O. The van der Waals surface area contributed by atoms with Crippen LogP contribution in [0.25, 0.3) is 0 Å². The quantitative estimate of drug-likeness (QED) is 0.542. The summed E-state index contributed by atoms with van der Waals surface area (Å²) in [5.74, 6) is -0.158. The molecule has 0 radical (unpaired) electrons. The summed E-state index contributed by atoms with van der Waals surface area (Å²) in [6.45, 7) is 4.14. The summed E-state index contributed by atoms with van der Waals surface area (Å²) >= 11 is 0. The molecule has 1 N–H and O–H groups in total. The number of rotatable bonds is 6. The molecule has 1 heterocycles. The fraction of sp³-hybridized carbons (Fsp3) is 0.750. The number of hydrogen-bond donors (Lipinski definition) is 1. The van der Waals surface area contributed by atoms with Crippen LogP contribution in [-0.4, -0.2) is 23.8 Å². The Morgan fingerprint density at radius 2 is 2.13 bits per heavy atom. The number of hydrogen-bond acceptors (Lipinski definition) is 3. The summed E-state index contributed by atoms with van der Waals surface area (Å²) < 4.78 is 4.92. The van der Waals surface area contributed by atoms with Crippen LogP contribution in [-0.2, 0) is 9.53 Å². The molecule has 0 aromatic rings. The monoisotopic (exact) mass is 212 g/mol. The van der Waals surface area contributed by atoms with E-state index in [2.05, 4.69) is 0 Å². The normalized spacial score (nSPS) is 18.2. The van der Waals surface area contributed by atoms with Gasteiger partial charge in [0.25, 0.3) is 0 Å². The zero-order valence-corrected chi connectivity index (χ0v) is 9.58. The molecular formula is C12H20O3. The van der Waals surface area contributed by atoms with Gasteiger partial charge in [0.2, 0.25) is 0 Å². The van der Waals surface area contributed by atoms with Gasteiger partial charge in [-0.1, -0.05) is 12.8 Å². The van der Waals surface area contributed by atoms with Gasteiger partial charge in [-0.2, -0.15) is 0 Å². The molecule has 1 rings (SSSR count). The summed E-state index contributed by atoms with van der Waals surface area (Å²) in [6, 6.07) is 0. The molecule has 0 saturated heterocycles. The highest BCUT2D eigenvalue weighted by molar-refractivity contribution is 5.90. The molecule has 0 aromatic heterocycles. The van der Waals surface area contributed by atoms with Crippen molar-refractivity contribution in [3.63, 3.8) is 0 Å². The lowest BCUT2D eigenvalue weighted by molar-refractivity contribution is -0.135. The van der Waals surface area contributed by atoms with Crippen LogP contribution in [0.2, 0.25) is 0 Å². The van der Waals surface area contributed by atoms with Crippen molar-refractivity contribution in [1.29, 1.82) is 0 Å². The van der Waals surface area contributed by atoms with Gasteiger partial charge in [-0.15, -0.1) is 0 Å². The van der Waals surface area contributed by atoms with Gasteiger partial charge >= 0.3 is 5.97 Å². The molecule has 0 saturated carbocycles. The van der Waals surface area contributed by atoms with Gasteiger partial charge in [-0.25, -0.2) is 4.79 Å². The first kappa shape index (κ1) is 12.2. The number of carbonyl (C=O) groups is 1. The molecule has 0 aromatic carbocycles. The van der Waals surface area contributed by atoms with Crippen LogP contribution in [0.3, 0.4) is 0 Å². The van der Waals surface area contributed by atoms with E-state index in [1.165, 1.54) is 0 Å². The lowest BCUT2D eigenvalue weighted by Crippen LogP contribution is -1.98. The van der Waals surface area contributed by atoms with Crippen molar-refractivity contribution in [2.45, 2.75) is 52.1 Å².